The molecule has 1 fully saturated rings. The number of para-hydroxylation sites is 1. The Morgan fingerprint density at radius 1 is 1.15 bits per heavy atom. The van der Waals surface area contributed by atoms with Gasteiger partial charge in [-0.2, -0.15) is 10.4 Å². The van der Waals surface area contributed by atoms with Crippen LogP contribution < -0.4 is 10.6 Å². The lowest BCUT2D eigenvalue weighted by atomic mass is 9.95. The first-order chi connectivity index (χ1) is 13.2. The van der Waals surface area contributed by atoms with Gasteiger partial charge in [0.2, 0.25) is 0 Å². The number of nitriles is 1. The van der Waals surface area contributed by atoms with Gasteiger partial charge in [-0.05, 0) is 44.0 Å². The largest absolute Gasteiger partial charge is 0.355 e. The molecular weight excluding hydrogens is 340 g/mol. The quantitative estimate of drug-likeness (QED) is 0.775. The molecule has 0 atom stereocenters. The van der Waals surface area contributed by atoms with Crippen molar-refractivity contribution in [2.75, 3.05) is 18.0 Å². The average molecular weight is 360 g/mol. The molecule has 1 saturated heterocycles. The number of aryl methyl sites for hydroxylation is 1. The molecule has 3 aromatic rings. The van der Waals surface area contributed by atoms with Gasteiger partial charge in [0, 0.05) is 24.7 Å². The molecule has 1 N–H and O–H groups in total. The van der Waals surface area contributed by atoms with Gasteiger partial charge in [-0.1, -0.05) is 18.2 Å². The first kappa shape index (κ1) is 17.0. The van der Waals surface area contributed by atoms with Crippen molar-refractivity contribution >= 4 is 5.82 Å². The van der Waals surface area contributed by atoms with E-state index in [1.165, 1.54) is 0 Å². The summed E-state index contributed by atoms with van der Waals surface area (Å²) in [6.45, 7) is 3.47. The van der Waals surface area contributed by atoms with Crippen LogP contribution in [0.5, 0.6) is 0 Å². The summed E-state index contributed by atoms with van der Waals surface area (Å²) < 4.78 is 1.66. The van der Waals surface area contributed by atoms with E-state index >= 15 is 0 Å². The summed E-state index contributed by atoms with van der Waals surface area (Å²) in [6, 6.07) is 15.5. The van der Waals surface area contributed by atoms with Gasteiger partial charge in [0.1, 0.15) is 17.7 Å². The van der Waals surface area contributed by atoms with E-state index in [4.69, 9.17) is 0 Å². The van der Waals surface area contributed by atoms with Crippen molar-refractivity contribution in [1.29, 1.82) is 5.26 Å². The second kappa shape index (κ2) is 7.08. The van der Waals surface area contributed by atoms with Gasteiger partial charge in [0.25, 0.3) is 0 Å². The second-order valence-corrected chi connectivity index (χ2v) is 6.75. The molecule has 0 unspecified atom stereocenters. The lowest BCUT2D eigenvalue weighted by Gasteiger charge is -2.33. The van der Waals surface area contributed by atoms with Gasteiger partial charge in [-0.15, -0.1) is 0 Å². The normalized spacial score (nSPS) is 14.9. The molecule has 2 aromatic heterocycles. The summed E-state index contributed by atoms with van der Waals surface area (Å²) in [5.41, 5.74) is 2.10. The Morgan fingerprint density at radius 2 is 1.89 bits per heavy atom. The summed E-state index contributed by atoms with van der Waals surface area (Å²) in [7, 11) is 0. The minimum Gasteiger partial charge on any atom is -0.355 e. The second-order valence-electron chi connectivity index (χ2n) is 6.75. The summed E-state index contributed by atoms with van der Waals surface area (Å²) >= 11 is 0. The van der Waals surface area contributed by atoms with E-state index in [1.807, 2.05) is 49.4 Å². The molecule has 0 spiro atoms. The van der Waals surface area contributed by atoms with Crippen LogP contribution in [0.25, 0.3) is 5.69 Å². The Labute approximate surface area is 156 Å². The van der Waals surface area contributed by atoms with Crippen LogP contribution in [-0.4, -0.2) is 32.8 Å². The van der Waals surface area contributed by atoms with Crippen LogP contribution in [0.2, 0.25) is 0 Å². The average Bonchev–Trinajstić information content (AvgIpc) is 3.10. The number of anilines is 1. The molecule has 4 rings (SSSR count). The predicted molar refractivity (Wildman–Crippen MR) is 102 cm³/mol. The highest BCUT2D eigenvalue weighted by Gasteiger charge is 2.27. The smallest absolute Gasteiger partial charge is 0.347 e. The van der Waals surface area contributed by atoms with Crippen molar-refractivity contribution in [3.63, 3.8) is 0 Å². The van der Waals surface area contributed by atoms with Crippen LogP contribution in [-0.2, 0) is 0 Å². The van der Waals surface area contributed by atoms with Crippen LogP contribution in [0.1, 0.15) is 35.8 Å². The van der Waals surface area contributed by atoms with Crippen molar-refractivity contribution < 1.29 is 0 Å². The molecule has 7 nitrogen and oxygen atoms in total. The Kier molecular flexibility index (Phi) is 4.47. The van der Waals surface area contributed by atoms with Gasteiger partial charge in [-0.25, -0.2) is 19.4 Å². The molecule has 0 bridgehead atoms. The molecule has 1 aliphatic rings. The lowest BCUT2D eigenvalue weighted by Crippen LogP contribution is -2.35. The summed E-state index contributed by atoms with van der Waals surface area (Å²) in [6.07, 6.45) is 1.69. The highest BCUT2D eigenvalue weighted by Crippen LogP contribution is 2.30. The zero-order chi connectivity index (χ0) is 18.8. The van der Waals surface area contributed by atoms with Gasteiger partial charge >= 0.3 is 5.69 Å². The van der Waals surface area contributed by atoms with Crippen LogP contribution in [0.15, 0.2) is 47.3 Å². The number of nitrogens with zero attached hydrogens (tertiary/aromatic N) is 5. The minimum atomic E-state index is -0.217. The Morgan fingerprint density at radius 3 is 2.59 bits per heavy atom. The van der Waals surface area contributed by atoms with E-state index in [1.54, 1.807) is 4.57 Å². The van der Waals surface area contributed by atoms with Crippen molar-refractivity contribution in [3.8, 4) is 11.8 Å². The van der Waals surface area contributed by atoms with Crippen molar-refractivity contribution in [2.45, 2.75) is 25.7 Å². The van der Waals surface area contributed by atoms with E-state index in [9.17, 15) is 10.1 Å². The molecule has 27 heavy (non-hydrogen) atoms. The van der Waals surface area contributed by atoms with Crippen molar-refractivity contribution in [1.82, 2.24) is 19.7 Å². The number of aromatic nitrogens is 4. The SMILES string of the molecule is Cc1ccc(C#N)c(N2CCC(c3n[nH]c(=O)n3-c3ccccc3)CC2)n1. The van der Waals surface area contributed by atoms with E-state index in [0.717, 1.165) is 49.0 Å². The highest BCUT2D eigenvalue weighted by atomic mass is 16.1. The van der Waals surface area contributed by atoms with Crippen LogP contribution >= 0.6 is 0 Å². The fraction of sp³-hybridized carbons (Fsp3) is 0.300. The molecule has 0 amide bonds. The fourth-order valence-corrected chi connectivity index (χ4v) is 3.63. The van der Waals surface area contributed by atoms with E-state index in [0.29, 0.717) is 5.56 Å². The molecule has 1 aliphatic heterocycles. The highest BCUT2D eigenvalue weighted by molar-refractivity contribution is 5.54. The molecule has 1 aromatic carbocycles. The van der Waals surface area contributed by atoms with E-state index in [2.05, 4.69) is 26.2 Å². The molecule has 0 saturated carbocycles. The maximum atomic E-state index is 12.3. The fourth-order valence-electron chi connectivity index (χ4n) is 3.63. The van der Waals surface area contributed by atoms with Gasteiger partial charge in [0.15, 0.2) is 0 Å². The molecular formula is C20H20N6O. The zero-order valence-corrected chi connectivity index (χ0v) is 15.1. The number of pyridine rings is 1. The minimum absolute atomic E-state index is 0.177. The summed E-state index contributed by atoms with van der Waals surface area (Å²) in [5, 5.41) is 16.3. The molecule has 0 radical (unpaired) electrons. The summed E-state index contributed by atoms with van der Waals surface area (Å²) in [4.78, 5) is 19.0. The van der Waals surface area contributed by atoms with Gasteiger partial charge < -0.3 is 4.90 Å². The standard InChI is InChI=1S/C20H20N6O/c1-14-7-8-16(13-21)18(22-14)25-11-9-15(10-12-25)19-23-24-20(27)26(19)17-5-3-2-4-6-17/h2-8,15H,9-12H2,1H3,(H,24,27). The number of aromatic amines is 1. The number of piperidine rings is 1. The number of H-pyrrole nitrogens is 1. The van der Waals surface area contributed by atoms with Gasteiger partial charge in [-0.3, -0.25) is 0 Å². The Balaban J connectivity index is 1.57. The number of rotatable bonds is 3. The molecule has 136 valence electrons. The topological polar surface area (TPSA) is 90.6 Å². The lowest BCUT2D eigenvalue weighted by molar-refractivity contribution is 0.477. The molecule has 7 heteroatoms. The number of benzene rings is 1. The van der Waals surface area contributed by atoms with Crippen LogP contribution in [0.3, 0.4) is 0 Å². The Bertz CT molecular complexity index is 1040. The van der Waals surface area contributed by atoms with E-state index in [-0.39, 0.29) is 11.6 Å². The maximum Gasteiger partial charge on any atom is 0.347 e. The predicted octanol–water partition coefficient (Wildman–Crippen LogP) is 2.52. The van der Waals surface area contributed by atoms with Crippen LogP contribution in [0.4, 0.5) is 5.82 Å². The van der Waals surface area contributed by atoms with Crippen molar-refractivity contribution in [3.05, 3.63) is 70.0 Å². The number of hydrogen-bond donors (Lipinski definition) is 1. The van der Waals surface area contributed by atoms with E-state index < -0.39 is 0 Å². The third-order valence-corrected chi connectivity index (χ3v) is 5.01. The monoisotopic (exact) mass is 360 g/mol. The van der Waals surface area contributed by atoms with Gasteiger partial charge in [0.05, 0.1) is 11.3 Å². The first-order valence-corrected chi connectivity index (χ1v) is 9.03. The first-order valence-electron chi connectivity index (χ1n) is 9.03. The molecule has 3 heterocycles. The number of nitrogens with one attached hydrogen (secondary N) is 1. The Hall–Kier alpha value is -3.40. The van der Waals surface area contributed by atoms with Crippen molar-refractivity contribution in [2.24, 2.45) is 0 Å². The maximum absolute atomic E-state index is 12.3. The number of hydrogen-bond acceptors (Lipinski definition) is 5. The third kappa shape index (κ3) is 3.22. The van der Waals surface area contributed by atoms with Crippen LogP contribution in [0, 0.1) is 18.3 Å². The summed E-state index contributed by atoms with van der Waals surface area (Å²) in [5.74, 6) is 1.69. The third-order valence-electron chi connectivity index (χ3n) is 5.01. The zero-order valence-electron chi connectivity index (χ0n) is 15.1. The molecule has 0 aliphatic carbocycles.